The predicted molar refractivity (Wildman–Crippen MR) is 121 cm³/mol. The monoisotopic (exact) mass is 419 g/mol. The lowest BCUT2D eigenvalue weighted by Crippen LogP contribution is -2.12. The standard InChI is InChI=1S/C20H21NOS4/c22-18(14-5-7-15(8-6-14)19-25-11-12-26-19)21-17-4-1-3-16(13-17)20-23-9-2-10-24-20/h1,3-8,13,19-20H,2,9-12H2,(H,21,22). The molecule has 26 heavy (non-hydrogen) atoms. The lowest BCUT2D eigenvalue weighted by atomic mass is 10.1. The van der Waals surface area contributed by atoms with Crippen molar-refractivity contribution in [1.29, 1.82) is 0 Å². The van der Waals surface area contributed by atoms with Crippen LogP contribution in [-0.4, -0.2) is 28.9 Å². The van der Waals surface area contributed by atoms with Crippen LogP contribution in [0.5, 0.6) is 0 Å². The number of anilines is 1. The number of carbonyl (C=O) groups is 1. The van der Waals surface area contributed by atoms with E-state index in [4.69, 9.17) is 0 Å². The summed E-state index contributed by atoms with van der Waals surface area (Å²) in [5.74, 6) is 4.83. The second-order valence-electron chi connectivity index (χ2n) is 6.20. The van der Waals surface area contributed by atoms with Gasteiger partial charge in [-0.25, -0.2) is 0 Å². The molecule has 0 aliphatic carbocycles. The van der Waals surface area contributed by atoms with E-state index in [0.717, 1.165) is 5.69 Å². The van der Waals surface area contributed by atoms with Gasteiger partial charge in [0.25, 0.3) is 5.91 Å². The van der Waals surface area contributed by atoms with Crippen LogP contribution in [0.1, 0.15) is 37.1 Å². The Bertz CT molecular complexity index is 753. The maximum Gasteiger partial charge on any atom is 0.255 e. The van der Waals surface area contributed by atoms with Gasteiger partial charge >= 0.3 is 0 Å². The smallest absolute Gasteiger partial charge is 0.255 e. The maximum atomic E-state index is 12.6. The summed E-state index contributed by atoms with van der Waals surface area (Å²) in [6.45, 7) is 0. The molecular formula is C20H21NOS4. The third-order valence-corrected chi connectivity index (χ3v) is 10.4. The Morgan fingerprint density at radius 3 is 2.19 bits per heavy atom. The Labute approximate surface area is 172 Å². The van der Waals surface area contributed by atoms with Gasteiger partial charge in [0.15, 0.2) is 0 Å². The summed E-state index contributed by atoms with van der Waals surface area (Å²) in [5, 5.41) is 3.06. The summed E-state index contributed by atoms with van der Waals surface area (Å²) in [7, 11) is 0. The van der Waals surface area contributed by atoms with Crippen molar-refractivity contribution in [3.8, 4) is 0 Å². The highest BCUT2D eigenvalue weighted by molar-refractivity contribution is 8.19. The molecule has 2 aromatic carbocycles. The molecule has 0 bridgehead atoms. The van der Waals surface area contributed by atoms with Gasteiger partial charge in [-0.05, 0) is 53.3 Å². The van der Waals surface area contributed by atoms with E-state index in [0.29, 0.717) is 14.7 Å². The van der Waals surface area contributed by atoms with Crippen molar-refractivity contribution in [2.75, 3.05) is 28.3 Å². The lowest BCUT2D eigenvalue weighted by Gasteiger charge is -2.21. The van der Waals surface area contributed by atoms with E-state index in [-0.39, 0.29) is 5.91 Å². The molecule has 0 spiro atoms. The van der Waals surface area contributed by atoms with Crippen molar-refractivity contribution in [2.24, 2.45) is 0 Å². The molecule has 2 nitrogen and oxygen atoms in total. The van der Waals surface area contributed by atoms with Crippen LogP contribution in [-0.2, 0) is 0 Å². The first-order valence-corrected chi connectivity index (χ1v) is 13.0. The molecule has 0 atom stereocenters. The first-order valence-electron chi connectivity index (χ1n) is 8.77. The van der Waals surface area contributed by atoms with Gasteiger partial charge in [0.05, 0.1) is 9.16 Å². The van der Waals surface area contributed by atoms with E-state index in [1.165, 1.54) is 40.6 Å². The summed E-state index contributed by atoms with van der Waals surface area (Å²) in [5.41, 5.74) is 4.20. The van der Waals surface area contributed by atoms with E-state index in [9.17, 15) is 4.79 Å². The van der Waals surface area contributed by atoms with E-state index in [1.807, 2.05) is 71.3 Å². The Morgan fingerprint density at radius 1 is 0.808 bits per heavy atom. The van der Waals surface area contributed by atoms with Crippen LogP contribution in [0, 0.1) is 0 Å². The molecule has 2 aromatic rings. The van der Waals surface area contributed by atoms with Crippen LogP contribution in [0.25, 0.3) is 0 Å². The van der Waals surface area contributed by atoms with Gasteiger partial charge in [-0.3, -0.25) is 4.79 Å². The van der Waals surface area contributed by atoms with Crippen LogP contribution in [0.3, 0.4) is 0 Å². The Hall–Kier alpha value is -0.690. The molecule has 1 N–H and O–H groups in total. The van der Waals surface area contributed by atoms with E-state index in [1.54, 1.807) is 0 Å². The predicted octanol–water partition coefficient (Wildman–Crippen LogP) is 6.29. The van der Waals surface area contributed by atoms with Gasteiger partial charge in [-0.15, -0.1) is 47.0 Å². The molecule has 2 aliphatic heterocycles. The number of thioether (sulfide) groups is 4. The number of carbonyl (C=O) groups excluding carboxylic acids is 1. The Morgan fingerprint density at radius 2 is 1.46 bits per heavy atom. The number of rotatable bonds is 4. The van der Waals surface area contributed by atoms with Crippen LogP contribution in [0.4, 0.5) is 5.69 Å². The van der Waals surface area contributed by atoms with E-state index in [2.05, 4.69) is 29.6 Å². The first-order chi connectivity index (χ1) is 12.8. The average Bonchev–Trinajstić information content (AvgIpc) is 3.24. The van der Waals surface area contributed by atoms with Gasteiger partial charge in [0.1, 0.15) is 0 Å². The van der Waals surface area contributed by atoms with Crippen molar-refractivity contribution < 1.29 is 4.79 Å². The number of benzene rings is 2. The molecular weight excluding hydrogens is 398 g/mol. The van der Waals surface area contributed by atoms with Crippen molar-refractivity contribution >= 4 is 58.6 Å². The fourth-order valence-corrected chi connectivity index (χ4v) is 8.72. The highest BCUT2D eigenvalue weighted by atomic mass is 32.2. The van der Waals surface area contributed by atoms with Crippen LogP contribution in [0.15, 0.2) is 48.5 Å². The zero-order chi connectivity index (χ0) is 17.8. The van der Waals surface area contributed by atoms with Crippen LogP contribution < -0.4 is 5.32 Å². The summed E-state index contributed by atoms with van der Waals surface area (Å²) in [4.78, 5) is 12.6. The summed E-state index contributed by atoms with van der Waals surface area (Å²) in [6, 6.07) is 16.4. The van der Waals surface area contributed by atoms with Gasteiger partial charge < -0.3 is 5.32 Å². The van der Waals surface area contributed by atoms with Gasteiger partial charge in [0, 0.05) is 22.8 Å². The Balaban J connectivity index is 1.42. The quantitative estimate of drug-likeness (QED) is 0.629. The Kier molecular flexibility index (Phi) is 6.46. The first kappa shape index (κ1) is 18.7. The van der Waals surface area contributed by atoms with Gasteiger partial charge in [-0.1, -0.05) is 24.3 Å². The zero-order valence-corrected chi connectivity index (χ0v) is 17.6. The summed E-state index contributed by atoms with van der Waals surface area (Å²) < 4.78 is 1.01. The molecule has 2 saturated heterocycles. The fourth-order valence-electron chi connectivity index (χ4n) is 2.99. The highest BCUT2D eigenvalue weighted by Crippen LogP contribution is 2.45. The molecule has 2 fully saturated rings. The van der Waals surface area contributed by atoms with E-state index < -0.39 is 0 Å². The molecule has 2 aliphatic rings. The second-order valence-corrected chi connectivity index (χ2v) is 11.7. The van der Waals surface area contributed by atoms with Gasteiger partial charge in [0.2, 0.25) is 0 Å². The third kappa shape index (κ3) is 4.58. The molecule has 6 heteroatoms. The van der Waals surface area contributed by atoms with Crippen LogP contribution in [0.2, 0.25) is 0 Å². The van der Waals surface area contributed by atoms with Crippen molar-refractivity contribution in [1.82, 2.24) is 0 Å². The molecule has 0 unspecified atom stereocenters. The zero-order valence-electron chi connectivity index (χ0n) is 14.4. The lowest BCUT2D eigenvalue weighted by molar-refractivity contribution is 0.102. The van der Waals surface area contributed by atoms with Crippen molar-refractivity contribution in [3.05, 3.63) is 65.2 Å². The molecule has 4 rings (SSSR count). The topological polar surface area (TPSA) is 29.1 Å². The summed E-state index contributed by atoms with van der Waals surface area (Å²) in [6.07, 6.45) is 1.29. The van der Waals surface area contributed by atoms with Crippen LogP contribution >= 0.6 is 47.0 Å². The maximum absolute atomic E-state index is 12.6. The number of hydrogen-bond acceptors (Lipinski definition) is 5. The number of nitrogens with one attached hydrogen (secondary N) is 1. The fraction of sp³-hybridized carbons (Fsp3) is 0.350. The minimum absolute atomic E-state index is 0.0376. The normalized spacial score (nSPS) is 18.8. The molecule has 136 valence electrons. The molecule has 1 amide bonds. The minimum Gasteiger partial charge on any atom is -0.322 e. The molecule has 0 aromatic heterocycles. The second kappa shape index (κ2) is 9.00. The SMILES string of the molecule is O=C(Nc1cccc(C2SCCCS2)c1)c1ccc(C2SCCS2)cc1. The minimum atomic E-state index is -0.0376. The summed E-state index contributed by atoms with van der Waals surface area (Å²) >= 11 is 7.97. The highest BCUT2D eigenvalue weighted by Gasteiger charge is 2.19. The number of hydrogen-bond donors (Lipinski definition) is 1. The van der Waals surface area contributed by atoms with E-state index >= 15 is 0 Å². The van der Waals surface area contributed by atoms with Crippen molar-refractivity contribution in [3.63, 3.8) is 0 Å². The molecule has 2 heterocycles. The number of amides is 1. The average molecular weight is 420 g/mol. The molecule has 0 saturated carbocycles. The van der Waals surface area contributed by atoms with Gasteiger partial charge in [-0.2, -0.15) is 0 Å². The van der Waals surface area contributed by atoms with Crippen molar-refractivity contribution in [2.45, 2.75) is 15.6 Å². The largest absolute Gasteiger partial charge is 0.322 e. The third-order valence-electron chi connectivity index (χ3n) is 4.31. The molecule has 0 radical (unpaired) electrons.